The van der Waals surface area contributed by atoms with Gasteiger partial charge in [0, 0.05) is 30.9 Å². The number of urea groups is 1. The highest BCUT2D eigenvalue weighted by molar-refractivity contribution is 6.00. The molecule has 2 rings (SSSR count). The normalized spacial score (nSPS) is 15.2. The van der Waals surface area contributed by atoms with Crippen molar-refractivity contribution in [1.29, 1.82) is 0 Å². The molecule has 1 atom stereocenters. The molecule has 0 aromatic heterocycles. The van der Waals surface area contributed by atoms with Crippen molar-refractivity contribution in [1.82, 2.24) is 10.6 Å². The average Bonchev–Trinajstić information content (AvgIpc) is 2.67. The van der Waals surface area contributed by atoms with Crippen molar-refractivity contribution in [2.24, 2.45) is 0 Å². The van der Waals surface area contributed by atoms with Gasteiger partial charge in [-0.2, -0.15) is 0 Å². The van der Waals surface area contributed by atoms with E-state index >= 15 is 0 Å². The number of nitrogens with zero attached hydrogens (tertiary/aromatic N) is 1. The molecule has 0 saturated heterocycles. The Hall–Kier alpha value is -3.17. The largest absolute Gasteiger partial charge is 0.449 e. The summed E-state index contributed by atoms with van der Waals surface area (Å²) in [5.41, 5.74) is -0.0452. The third kappa shape index (κ3) is 5.66. The molecule has 1 fully saturated rings. The summed E-state index contributed by atoms with van der Waals surface area (Å²) in [7, 11) is 1.55. The van der Waals surface area contributed by atoms with E-state index in [1.54, 1.807) is 7.05 Å². The maximum atomic E-state index is 12.4. The molecule has 1 unspecified atom stereocenters. The number of hydrogen-bond acceptors (Lipinski definition) is 7. The molecule has 3 N–H and O–H groups in total. The molecule has 0 bridgehead atoms. The van der Waals surface area contributed by atoms with Crippen molar-refractivity contribution in [2.75, 3.05) is 12.4 Å². The van der Waals surface area contributed by atoms with Crippen molar-refractivity contribution < 1.29 is 24.0 Å². The molecular weight excluding hydrogens is 368 g/mol. The van der Waals surface area contributed by atoms with Crippen molar-refractivity contribution in [3.05, 3.63) is 33.9 Å². The molecule has 1 aliphatic rings. The summed E-state index contributed by atoms with van der Waals surface area (Å²) in [6.45, 7) is 1.32. The predicted molar refractivity (Wildman–Crippen MR) is 101 cm³/mol. The van der Waals surface area contributed by atoms with Crippen LogP contribution in [0.15, 0.2) is 18.2 Å². The standard InChI is InChI=1S/C18H24N4O6/c1-11(16(23)21-18(25)20-12-6-4-3-5-7-12)28-17(24)14-10-13(22(26)27)8-9-15(14)19-2/h8-12,19H,3-7H2,1-2H3,(H2,20,21,23,25). The second-order valence-corrected chi connectivity index (χ2v) is 6.58. The predicted octanol–water partition coefficient (Wildman–Crippen LogP) is 2.34. The summed E-state index contributed by atoms with van der Waals surface area (Å²) in [4.78, 5) is 46.7. The van der Waals surface area contributed by atoms with Gasteiger partial charge in [0.25, 0.3) is 11.6 Å². The van der Waals surface area contributed by atoms with E-state index in [1.165, 1.54) is 19.1 Å². The Balaban J connectivity index is 1.95. The van der Waals surface area contributed by atoms with E-state index in [-0.39, 0.29) is 17.3 Å². The van der Waals surface area contributed by atoms with Gasteiger partial charge in [-0.05, 0) is 25.8 Å². The number of nitro benzene ring substituents is 1. The maximum Gasteiger partial charge on any atom is 0.341 e. The number of anilines is 1. The second-order valence-electron chi connectivity index (χ2n) is 6.58. The molecule has 0 heterocycles. The van der Waals surface area contributed by atoms with E-state index < -0.39 is 28.9 Å². The molecule has 3 amide bonds. The third-order valence-corrected chi connectivity index (χ3v) is 4.53. The number of rotatable bonds is 6. The number of nitro groups is 1. The number of esters is 1. The molecule has 0 radical (unpaired) electrons. The topological polar surface area (TPSA) is 140 Å². The first-order valence-electron chi connectivity index (χ1n) is 9.10. The third-order valence-electron chi connectivity index (χ3n) is 4.53. The van der Waals surface area contributed by atoms with Crippen molar-refractivity contribution >= 4 is 29.3 Å². The number of amides is 3. The molecule has 10 nitrogen and oxygen atoms in total. The number of benzene rings is 1. The minimum atomic E-state index is -1.26. The smallest absolute Gasteiger partial charge is 0.341 e. The molecule has 0 spiro atoms. The van der Waals surface area contributed by atoms with Gasteiger partial charge in [-0.25, -0.2) is 9.59 Å². The summed E-state index contributed by atoms with van der Waals surface area (Å²) < 4.78 is 5.07. The van der Waals surface area contributed by atoms with Gasteiger partial charge in [0.05, 0.1) is 10.5 Å². The Kier molecular flexibility index (Phi) is 7.30. The van der Waals surface area contributed by atoms with E-state index in [1.807, 2.05) is 0 Å². The summed E-state index contributed by atoms with van der Waals surface area (Å²) in [5.74, 6) is -1.69. The van der Waals surface area contributed by atoms with Crippen LogP contribution in [0.4, 0.5) is 16.2 Å². The van der Waals surface area contributed by atoms with Gasteiger partial charge in [-0.1, -0.05) is 19.3 Å². The summed E-state index contributed by atoms with van der Waals surface area (Å²) in [5, 5.41) is 18.5. The Labute approximate surface area is 162 Å². The van der Waals surface area contributed by atoms with E-state index in [2.05, 4.69) is 16.0 Å². The maximum absolute atomic E-state index is 12.4. The van der Waals surface area contributed by atoms with Crippen LogP contribution in [0.2, 0.25) is 0 Å². The van der Waals surface area contributed by atoms with Crippen LogP contribution < -0.4 is 16.0 Å². The Morgan fingerprint density at radius 3 is 2.50 bits per heavy atom. The van der Waals surface area contributed by atoms with Crippen LogP contribution in [0.1, 0.15) is 49.4 Å². The van der Waals surface area contributed by atoms with Gasteiger partial charge in [-0.15, -0.1) is 0 Å². The van der Waals surface area contributed by atoms with E-state index in [4.69, 9.17) is 4.74 Å². The molecule has 28 heavy (non-hydrogen) atoms. The quantitative estimate of drug-likeness (QED) is 0.383. The minimum Gasteiger partial charge on any atom is -0.449 e. The van der Waals surface area contributed by atoms with Crippen LogP contribution in [0.3, 0.4) is 0 Å². The zero-order valence-corrected chi connectivity index (χ0v) is 15.8. The molecule has 1 saturated carbocycles. The Morgan fingerprint density at radius 1 is 1.21 bits per heavy atom. The fourth-order valence-electron chi connectivity index (χ4n) is 2.99. The lowest BCUT2D eigenvalue weighted by molar-refractivity contribution is -0.384. The zero-order valence-electron chi connectivity index (χ0n) is 15.8. The lowest BCUT2D eigenvalue weighted by Gasteiger charge is -2.23. The molecule has 1 aromatic carbocycles. The number of nitrogens with one attached hydrogen (secondary N) is 3. The summed E-state index contributed by atoms with van der Waals surface area (Å²) in [6.07, 6.45) is 3.68. The fourth-order valence-corrected chi connectivity index (χ4v) is 2.99. The average molecular weight is 392 g/mol. The highest BCUT2D eigenvalue weighted by atomic mass is 16.6. The van der Waals surface area contributed by atoms with Gasteiger partial charge < -0.3 is 15.4 Å². The number of carbonyl (C=O) groups is 3. The van der Waals surface area contributed by atoms with Crippen LogP contribution in [-0.2, 0) is 9.53 Å². The Morgan fingerprint density at radius 2 is 1.89 bits per heavy atom. The van der Waals surface area contributed by atoms with Crippen LogP contribution in [0.5, 0.6) is 0 Å². The number of imide groups is 1. The first-order chi connectivity index (χ1) is 13.3. The van der Waals surface area contributed by atoms with Gasteiger partial charge in [-0.3, -0.25) is 20.2 Å². The van der Waals surface area contributed by atoms with Gasteiger partial charge in [0.15, 0.2) is 6.10 Å². The van der Waals surface area contributed by atoms with Crippen LogP contribution in [0, 0.1) is 10.1 Å². The van der Waals surface area contributed by atoms with Crippen molar-refractivity contribution in [3.8, 4) is 0 Å². The van der Waals surface area contributed by atoms with Crippen molar-refractivity contribution in [2.45, 2.75) is 51.2 Å². The van der Waals surface area contributed by atoms with Gasteiger partial charge in [0.1, 0.15) is 0 Å². The SMILES string of the molecule is CNc1ccc([N+](=O)[O-])cc1C(=O)OC(C)C(=O)NC(=O)NC1CCCCC1. The molecule has 152 valence electrons. The molecule has 0 aliphatic heterocycles. The number of ether oxygens (including phenoxy) is 1. The van der Waals surface area contributed by atoms with Gasteiger partial charge in [0.2, 0.25) is 0 Å². The van der Waals surface area contributed by atoms with Crippen LogP contribution in [-0.4, -0.2) is 42.0 Å². The highest BCUT2D eigenvalue weighted by Gasteiger charge is 2.25. The molecular formula is C18H24N4O6. The monoisotopic (exact) mass is 392 g/mol. The van der Waals surface area contributed by atoms with E-state index in [9.17, 15) is 24.5 Å². The fraction of sp³-hybridized carbons (Fsp3) is 0.500. The summed E-state index contributed by atoms with van der Waals surface area (Å²) >= 11 is 0. The molecule has 1 aliphatic carbocycles. The highest BCUT2D eigenvalue weighted by Crippen LogP contribution is 2.23. The molecule has 1 aromatic rings. The minimum absolute atomic E-state index is 0.0301. The zero-order chi connectivity index (χ0) is 20.7. The number of hydrogen-bond donors (Lipinski definition) is 3. The van der Waals surface area contributed by atoms with Crippen LogP contribution in [0.25, 0.3) is 0 Å². The second kappa shape index (κ2) is 9.67. The number of non-ortho nitro benzene ring substituents is 1. The van der Waals surface area contributed by atoms with Crippen molar-refractivity contribution in [3.63, 3.8) is 0 Å². The first kappa shape index (κ1) is 21.1. The van der Waals surface area contributed by atoms with E-state index in [0.717, 1.165) is 38.2 Å². The lowest BCUT2D eigenvalue weighted by atomic mass is 9.96. The van der Waals surface area contributed by atoms with E-state index in [0.29, 0.717) is 5.69 Å². The number of carbonyl (C=O) groups excluding carboxylic acids is 3. The van der Waals surface area contributed by atoms with Crippen LogP contribution >= 0.6 is 0 Å². The Bertz CT molecular complexity index is 760. The molecule has 10 heteroatoms. The summed E-state index contributed by atoms with van der Waals surface area (Å²) in [6, 6.07) is 3.08. The van der Waals surface area contributed by atoms with Gasteiger partial charge >= 0.3 is 12.0 Å². The first-order valence-corrected chi connectivity index (χ1v) is 9.10. The lowest BCUT2D eigenvalue weighted by Crippen LogP contribution is -2.48.